The van der Waals surface area contributed by atoms with Gasteiger partial charge < -0.3 is 9.84 Å². The average Bonchev–Trinajstić information content (AvgIpc) is 2.14. The summed E-state index contributed by atoms with van der Waals surface area (Å²) < 4.78 is 4.45. The van der Waals surface area contributed by atoms with Gasteiger partial charge in [-0.05, 0) is 0 Å². The predicted octanol–water partition coefficient (Wildman–Crippen LogP) is -0.595. The Balaban J connectivity index is 3.01. The van der Waals surface area contributed by atoms with Crippen LogP contribution in [-0.4, -0.2) is 17.2 Å². The van der Waals surface area contributed by atoms with Crippen LogP contribution in [0.2, 0.25) is 0 Å². The van der Waals surface area contributed by atoms with Crippen molar-refractivity contribution in [2.24, 2.45) is 0 Å². The van der Waals surface area contributed by atoms with Crippen LogP contribution in [-0.2, 0) is 0 Å². The highest BCUT2D eigenvalue weighted by atomic mass is 16.5. The summed E-state index contributed by atoms with van der Waals surface area (Å²) in [5, 5.41) is 4.55. The minimum absolute atomic E-state index is 0.204. The van der Waals surface area contributed by atoms with Gasteiger partial charge in [-0.25, -0.2) is 4.79 Å². The molecular weight excluding hydrogens is 110 g/mol. The molecule has 0 saturated carbocycles. The lowest BCUT2D eigenvalue weighted by Gasteiger charge is -1.81. The van der Waals surface area contributed by atoms with Crippen molar-refractivity contribution >= 4 is 6.01 Å². The van der Waals surface area contributed by atoms with E-state index in [-0.39, 0.29) is 6.01 Å². The fourth-order valence-electron chi connectivity index (χ4n) is 0.337. The van der Waals surface area contributed by atoms with E-state index in [1.54, 1.807) is 7.05 Å². The molecule has 0 aliphatic rings. The normalized spacial score (nSPS) is 9.12. The third-order valence-corrected chi connectivity index (χ3v) is 0.652. The summed E-state index contributed by atoms with van der Waals surface area (Å²) >= 11 is 0. The van der Waals surface area contributed by atoms with Crippen LogP contribution in [0.1, 0.15) is 0 Å². The lowest BCUT2D eigenvalue weighted by atomic mass is 11.0. The highest BCUT2D eigenvalue weighted by molar-refractivity contribution is 5.12. The average molecular weight is 115 g/mol. The van der Waals surface area contributed by atoms with E-state index in [2.05, 4.69) is 14.8 Å². The third kappa shape index (κ3) is 0.699. The Morgan fingerprint density at radius 1 is 1.88 bits per heavy atom. The molecule has 0 spiro atoms. The van der Waals surface area contributed by atoms with E-state index in [1.807, 2.05) is 5.16 Å². The minimum Gasteiger partial charge on any atom is -0.341 e. The quantitative estimate of drug-likeness (QED) is 0.513. The molecule has 8 heavy (non-hydrogen) atoms. The maximum atomic E-state index is 10.1. The summed E-state index contributed by atoms with van der Waals surface area (Å²) in [5.74, 6) is 0. The fraction of sp³-hybridized carbons (Fsp3) is 0.333. The molecule has 0 bridgehead atoms. The Morgan fingerprint density at radius 3 is 2.88 bits per heavy atom. The summed E-state index contributed by atoms with van der Waals surface area (Å²) in [6.45, 7) is 0. The van der Waals surface area contributed by atoms with Gasteiger partial charge in [0, 0.05) is 7.05 Å². The van der Waals surface area contributed by atoms with Crippen molar-refractivity contribution in [3.05, 3.63) is 10.5 Å². The van der Waals surface area contributed by atoms with Crippen molar-refractivity contribution in [1.29, 1.82) is 0 Å². The number of aromatic nitrogens is 2. The molecule has 0 atom stereocenters. The first kappa shape index (κ1) is 4.89. The van der Waals surface area contributed by atoms with Crippen molar-refractivity contribution in [3.63, 3.8) is 0 Å². The van der Waals surface area contributed by atoms with Crippen LogP contribution in [0.25, 0.3) is 0 Å². The number of rotatable bonds is 1. The first-order chi connectivity index (χ1) is 3.83. The second-order valence-electron chi connectivity index (χ2n) is 1.18. The SMILES string of the molecule is CNc1nc(=O)[nH]o1. The van der Waals surface area contributed by atoms with Crippen molar-refractivity contribution in [1.82, 2.24) is 10.1 Å². The smallest absolute Gasteiger partial charge is 0.341 e. The second-order valence-corrected chi connectivity index (χ2v) is 1.18. The molecule has 1 rings (SSSR count). The van der Waals surface area contributed by atoms with Crippen molar-refractivity contribution in [2.45, 2.75) is 0 Å². The first-order valence-corrected chi connectivity index (χ1v) is 2.06. The van der Waals surface area contributed by atoms with Gasteiger partial charge in [0.25, 0.3) is 0 Å². The Hall–Kier alpha value is -1.26. The topological polar surface area (TPSA) is 70.9 Å². The van der Waals surface area contributed by atoms with Gasteiger partial charge >= 0.3 is 11.7 Å². The molecule has 1 aromatic heterocycles. The Labute approximate surface area is 44.7 Å². The minimum atomic E-state index is -0.477. The molecule has 5 nitrogen and oxygen atoms in total. The van der Waals surface area contributed by atoms with Gasteiger partial charge in [-0.3, -0.25) is 0 Å². The molecule has 0 saturated heterocycles. The molecule has 0 aliphatic carbocycles. The number of anilines is 1. The lowest BCUT2D eigenvalue weighted by Crippen LogP contribution is -2.00. The Bertz CT molecular complexity index is 212. The number of aromatic amines is 1. The molecule has 0 unspecified atom stereocenters. The molecule has 0 radical (unpaired) electrons. The van der Waals surface area contributed by atoms with Gasteiger partial charge in [0.15, 0.2) is 0 Å². The number of hydrogen-bond donors (Lipinski definition) is 2. The zero-order valence-corrected chi connectivity index (χ0v) is 4.26. The van der Waals surface area contributed by atoms with E-state index >= 15 is 0 Å². The molecule has 1 heterocycles. The van der Waals surface area contributed by atoms with Crippen molar-refractivity contribution in [3.8, 4) is 0 Å². The maximum Gasteiger partial charge on any atom is 0.378 e. The first-order valence-electron chi connectivity index (χ1n) is 2.06. The second kappa shape index (κ2) is 1.69. The van der Waals surface area contributed by atoms with Crippen molar-refractivity contribution in [2.75, 3.05) is 12.4 Å². The van der Waals surface area contributed by atoms with Crippen LogP contribution < -0.4 is 11.0 Å². The van der Waals surface area contributed by atoms with Gasteiger partial charge in [0.1, 0.15) is 0 Å². The van der Waals surface area contributed by atoms with Crippen LogP contribution in [0.15, 0.2) is 9.32 Å². The summed E-state index contributed by atoms with van der Waals surface area (Å²) in [6.07, 6.45) is 0. The van der Waals surface area contributed by atoms with E-state index in [0.29, 0.717) is 0 Å². The monoisotopic (exact) mass is 115 g/mol. The molecule has 0 aliphatic heterocycles. The maximum absolute atomic E-state index is 10.1. The van der Waals surface area contributed by atoms with E-state index in [1.165, 1.54) is 0 Å². The number of nitrogens with one attached hydrogen (secondary N) is 2. The summed E-state index contributed by atoms with van der Waals surface area (Å²) in [5.41, 5.74) is -0.477. The Morgan fingerprint density at radius 2 is 2.62 bits per heavy atom. The zero-order chi connectivity index (χ0) is 5.98. The van der Waals surface area contributed by atoms with Gasteiger partial charge in [-0.2, -0.15) is 5.16 Å². The molecule has 0 fully saturated rings. The third-order valence-electron chi connectivity index (χ3n) is 0.652. The highest BCUT2D eigenvalue weighted by Gasteiger charge is 1.92. The van der Waals surface area contributed by atoms with E-state index < -0.39 is 5.69 Å². The number of hydrogen-bond acceptors (Lipinski definition) is 4. The zero-order valence-electron chi connectivity index (χ0n) is 4.26. The largest absolute Gasteiger partial charge is 0.378 e. The van der Waals surface area contributed by atoms with E-state index in [4.69, 9.17) is 0 Å². The van der Waals surface area contributed by atoms with Gasteiger partial charge in [-0.15, -0.1) is 4.98 Å². The summed E-state index contributed by atoms with van der Waals surface area (Å²) in [4.78, 5) is 13.5. The molecule has 0 aromatic carbocycles. The fourth-order valence-corrected chi connectivity index (χ4v) is 0.337. The molecule has 2 N–H and O–H groups in total. The molecular formula is C3H5N3O2. The molecule has 0 amide bonds. The van der Waals surface area contributed by atoms with E-state index in [0.717, 1.165) is 0 Å². The number of H-pyrrole nitrogens is 1. The van der Waals surface area contributed by atoms with Crippen LogP contribution in [0.4, 0.5) is 6.01 Å². The lowest BCUT2D eigenvalue weighted by molar-refractivity contribution is 0.426. The van der Waals surface area contributed by atoms with Crippen LogP contribution in [0.5, 0.6) is 0 Å². The molecule has 44 valence electrons. The van der Waals surface area contributed by atoms with E-state index in [9.17, 15) is 4.79 Å². The Kier molecular flexibility index (Phi) is 1.03. The molecule has 1 aromatic rings. The number of nitrogens with zero attached hydrogens (tertiary/aromatic N) is 1. The summed E-state index contributed by atoms with van der Waals surface area (Å²) in [6, 6.07) is 0.204. The van der Waals surface area contributed by atoms with Crippen molar-refractivity contribution < 1.29 is 4.52 Å². The summed E-state index contributed by atoms with van der Waals surface area (Å²) in [7, 11) is 1.61. The van der Waals surface area contributed by atoms with Gasteiger partial charge in [0.2, 0.25) is 0 Å². The standard InChI is InChI=1S/C3H5N3O2/c1-4-3-5-2(7)6-8-3/h1H3,(H2,4,5,6,7). The predicted molar refractivity (Wildman–Crippen MR) is 26.7 cm³/mol. The van der Waals surface area contributed by atoms with Gasteiger partial charge in [-0.1, -0.05) is 0 Å². The van der Waals surface area contributed by atoms with Crippen LogP contribution in [0, 0.1) is 0 Å². The molecule has 5 heteroatoms. The highest BCUT2D eigenvalue weighted by Crippen LogP contribution is 1.89. The van der Waals surface area contributed by atoms with Crippen LogP contribution in [0.3, 0.4) is 0 Å². The van der Waals surface area contributed by atoms with Crippen LogP contribution >= 0.6 is 0 Å². The van der Waals surface area contributed by atoms with Gasteiger partial charge in [0.05, 0.1) is 0 Å².